The smallest absolute Gasteiger partial charge is 0.341 e. The lowest BCUT2D eigenvalue weighted by atomic mass is 9.87. The van der Waals surface area contributed by atoms with E-state index in [1.165, 1.54) is 12.0 Å². The van der Waals surface area contributed by atoms with Crippen molar-refractivity contribution in [1.29, 1.82) is 0 Å². The summed E-state index contributed by atoms with van der Waals surface area (Å²) < 4.78 is 6.94. The van der Waals surface area contributed by atoms with Crippen LogP contribution < -0.4 is 10.6 Å². The van der Waals surface area contributed by atoms with Gasteiger partial charge in [-0.2, -0.15) is 5.10 Å². The highest BCUT2D eigenvalue weighted by Crippen LogP contribution is 2.38. The maximum absolute atomic E-state index is 12.4. The van der Waals surface area contributed by atoms with Crippen molar-refractivity contribution >= 4 is 39.6 Å². The lowest BCUT2D eigenvalue weighted by Crippen LogP contribution is -2.48. The molecular formula is C20H28N4O2S2. The SMILES string of the molecule is COC(=O)c1c(NC(=S)NC(Cn2cccn2)C(C)(C)C)sc2c1CCCC2. The zero-order valence-electron chi connectivity index (χ0n) is 16.9. The van der Waals surface area contributed by atoms with Gasteiger partial charge in [-0.15, -0.1) is 11.3 Å². The lowest BCUT2D eigenvalue weighted by molar-refractivity contribution is 0.0601. The number of hydrogen-bond donors (Lipinski definition) is 2. The molecule has 3 rings (SSSR count). The number of esters is 1. The number of nitrogens with one attached hydrogen (secondary N) is 2. The lowest BCUT2D eigenvalue weighted by Gasteiger charge is -2.32. The van der Waals surface area contributed by atoms with Crippen molar-refractivity contribution in [1.82, 2.24) is 15.1 Å². The number of carbonyl (C=O) groups excluding carboxylic acids is 1. The van der Waals surface area contributed by atoms with E-state index < -0.39 is 0 Å². The minimum absolute atomic E-state index is 0.0302. The van der Waals surface area contributed by atoms with E-state index in [0.29, 0.717) is 17.2 Å². The number of fused-ring (bicyclic) bond motifs is 1. The molecule has 0 bridgehead atoms. The molecule has 6 nitrogen and oxygen atoms in total. The molecule has 2 heterocycles. The molecule has 28 heavy (non-hydrogen) atoms. The average Bonchev–Trinajstić information content (AvgIpc) is 3.26. The van der Waals surface area contributed by atoms with Crippen LogP contribution in [0.15, 0.2) is 18.5 Å². The van der Waals surface area contributed by atoms with Gasteiger partial charge < -0.3 is 15.4 Å². The van der Waals surface area contributed by atoms with E-state index >= 15 is 0 Å². The van der Waals surface area contributed by atoms with E-state index in [2.05, 4.69) is 36.5 Å². The van der Waals surface area contributed by atoms with Crippen LogP contribution in [0.2, 0.25) is 0 Å². The van der Waals surface area contributed by atoms with Crippen LogP contribution in [0.25, 0.3) is 0 Å². The summed E-state index contributed by atoms with van der Waals surface area (Å²) in [6, 6.07) is 1.98. The summed E-state index contributed by atoms with van der Waals surface area (Å²) in [5.41, 5.74) is 1.74. The third-order valence-corrected chi connectivity index (χ3v) is 6.49. The van der Waals surface area contributed by atoms with Crippen LogP contribution in [0.3, 0.4) is 0 Å². The monoisotopic (exact) mass is 420 g/mol. The van der Waals surface area contributed by atoms with E-state index in [0.717, 1.165) is 36.2 Å². The molecule has 1 atom stereocenters. The van der Waals surface area contributed by atoms with Crippen LogP contribution in [-0.2, 0) is 24.1 Å². The average molecular weight is 421 g/mol. The Bertz CT molecular complexity index is 837. The second-order valence-corrected chi connectivity index (χ2v) is 9.67. The van der Waals surface area contributed by atoms with Gasteiger partial charge in [0.15, 0.2) is 5.11 Å². The Hall–Kier alpha value is -1.93. The fourth-order valence-corrected chi connectivity index (χ4v) is 4.99. The Morgan fingerprint density at radius 1 is 1.39 bits per heavy atom. The van der Waals surface area contributed by atoms with E-state index in [1.54, 1.807) is 17.5 Å². The summed E-state index contributed by atoms with van der Waals surface area (Å²) >= 11 is 7.22. The van der Waals surface area contributed by atoms with Gasteiger partial charge in [-0.3, -0.25) is 4.68 Å². The Kier molecular flexibility index (Phi) is 6.40. The molecule has 0 saturated carbocycles. The number of nitrogens with zero attached hydrogens (tertiary/aromatic N) is 2. The number of methoxy groups -OCH3 is 1. The van der Waals surface area contributed by atoms with E-state index in [9.17, 15) is 4.79 Å². The quantitative estimate of drug-likeness (QED) is 0.563. The number of rotatable bonds is 5. The van der Waals surface area contributed by atoms with Gasteiger partial charge in [0.25, 0.3) is 0 Å². The minimum atomic E-state index is -0.298. The third kappa shape index (κ3) is 4.72. The molecular weight excluding hydrogens is 392 g/mol. The van der Waals surface area contributed by atoms with Gasteiger partial charge in [0.05, 0.1) is 25.3 Å². The summed E-state index contributed by atoms with van der Waals surface area (Å²) in [6.07, 6.45) is 7.91. The van der Waals surface area contributed by atoms with Crippen molar-refractivity contribution in [3.05, 3.63) is 34.5 Å². The molecule has 0 saturated heterocycles. The molecule has 0 fully saturated rings. The van der Waals surface area contributed by atoms with Gasteiger partial charge in [0.2, 0.25) is 0 Å². The van der Waals surface area contributed by atoms with E-state index in [1.807, 2.05) is 16.9 Å². The number of aromatic nitrogens is 2. The van der Waals surface area contributed by atoms with Crippen LogP contribution in [-0.4, -0.2) is 34.0 Å². The highest BCUT2D eigenvalue weighted by Gasteiger charge is 2.29. The fraction of sp³-hybridized carbons (Fsp3) is 0.550. The van der Waals surface area contributed by atoms with Crippen molar-refractivity contribution in [2.75, 3.05) is 12.4 Å². The predicted molar refractivity (Wildman–Crippen MR) is 117 cm³/mol. The Balaban J connectivity index is 1.78. The van der Waals surface area contributed by atoms with Gasteiger partial charge in [0.1, 0.15) is 5.00 Å². The number of hydrogen-bond acceptors (Lipinski definition) is 5. The summed E-state index contributed by atoms with van der Waals surface area (Å²) in [4.78, 5) is 13.7. The first-order chi connectivity index (χ1) is 13.3. The molecule has 0 amide bonds. The first kappa shape index (κ1) is 20.8. The number of thiophene rings is 1. The summed E-state index contributed by atoms with van der Waals surface area (Å²) in [6.45, 7) is 7.20. The van der Waals surface area contributed by atoms with Crippen molar-refractivity contribution < 1.29 is 9.53 Å². The molecule has 2 aromatic rings. The highest BCUT2D eigenvalue weighted by atomic mass is 32.1. The number of ether oxygens (including phenoxy) is 1. The summed E-state index contributed by atoms with van der Waals surface area (Å²) in [5.74, 6) is -0.298. The van der Waals surface area contributed by atoms with E-state index in [4.69, 9.17) is 17.0 Å². The standard InChI is InChI=1S/C20H28N4O2S2/c1-20(2,3)15(12-24-11-7-10-21-24)22-19(27)23-17-16(18(25)26-4)13-8-5-6-9-14(13)28-17/h7,10-11,15H,5-6,8-9,12H2,1-4H3,(H2,22,23,27). The van der Waals surface area contributed by atoms with Crippen LogP contribution in [0, 0.1) is 5.41 Å². The molecule has 0 aliphatic heterocycles. The minimum Gasteiger partial charge on any atom is -0.465 e. The normalized spacial score (nSPS) is 14.9. The summed E-state index contributed by atoms with van der Waals surface area (Å²) in [7, 11) is 1.43. The summed E-state index contributed by atoms with van der Waals surface area (Å²) in [5, 5.41) is 12.3. The third-order valence-electron chi connectivity index (χ3n) is 5.07. The predicted octanol–water partition coefficient (Wildman–Crippen LogP) is 4.01. The Labute approximate surface area is 175 Å². The van der Waals surface area contributed by atoms with E-state index in [-0.39, 0.29) is 17.4 Å². The molecule has 0 aromatic carbocycles. The Morgan fingerprint density at radius 2 is 2.14 bits per heavy atom. The van der Waals surface area contributed by atoms with Crippen LogP contribution in [0.1, 0.15) is 54.4 Å². The largest absolute Gasteiger partial charge is 0.465 e. The van der Waals surface area contributed by atoms with Gasteiger partial charge in [-0.05, 0) is 54.9 Å². The van der Waals surface area contributed by atoms with Gasteiger partial charge in [-0.25, -0.2) is 4.79 Å². The van der Waals surface area contributed by atoms with Gasteiger partial charge in [-0.1, -0.05) is 20.8 Å². The highest BCUT2D eigenvalue weighted by molar-refractivity contribution is 7.80. The maximum Gasteiger partial charge on any atom is 0.341 e. The number of anilines is 1. The Morgan fingerprint density at radius 3 is 2.79 bits per heavy atom. The number of carbonyl (C=O) groups is 1. The van der Waals surface area contributed by atoms with Crippen LogP contribution in [0.5, 0.6) is 0 Å². The molecule has 0 spiro atoms. The van der Waals surface area contributed by atoms with Crippen molar-refractivity contribution in [2.45, 2.75) is 59.0 Å². The molecule has 8 heteroatoms. The van der Waals surface area contributed by atoms with Crippen molar-refractivity contribution in [3.8, 4) is 0 Å². The fourth-order valence-electron chi connectivity index (χ4n) is 3.40. The second-order valence-electron chi connectivity index (χ2n) is 8.15. The molecule has 2 N–H and O–H groups in total. The maximum atomic E-state index is 12.4. The number of thiocarbonyl (C=S) groups is 1. The first-order valence-electron chi connectivity index (χ1n) is 9.57. The van der Waals surface area contributed by atoms with Gasteiger partial charge in [0, 0.05) is 17.3 Å². The molecule has 1 aliphatic rings. The second kappa shape index (κ2) is 8.61. The van der Waals surface area contributed by atoms with Gasteiger partial charge >= 0.3 is 5.97 Å². The molecule has 1 unspecified atom stereocenters. The molecule has 2 aromatic heterocycles. The van der Waals surface area contributed by atoms with Crippen LogP contribution >= 0.6 is 23.6 Å². The molecule has 0 radical (unpaired) electrons. The van der Waals surface area contributed by atoms with Crippen LogP contribution in [0.4, 0.5) is 5.00 Å². The number of aryl methyl sites for hydroxylation is 1. The van der Waals surface area contributed by atoms with Crippen molar-refractivity contribution in [2.24, 2.45) is 5.41 Å². The first-order valence-corrected chi connectivity index (χ1v) is 10.8. The molecule has 1 aliphatic carbocycles. The molecule has 152 valence electrons. The zero-order valence-corrected chi connectivity index (χ0v) is 18.5. The van der Waals surface area contributed by atoms with Crippen molar-refractivity contribution in [3.63, 3.8) is 0 Å². The topological polar surface area (TPSA) is 68.2 Å². The zero-order chi connectivity index (χ0) is 20.3.